The monoisotopic (exact) mass is 384 g/mol. The fourth-order valence-corrected chi connectivity index (χ4v) is 3.86. The minimum Gasteiger partial charge on any atom is -0.466 e. The summed E-state index contributed by atoms with van der Waals surface area (Å²) in [6, 6.07) is 5.37. The van der Waals surface area contributed by atoms with Crippen LogP contribution in [0.15, 0.2) is 30.4 Å². The Bertz CT molecular complexity index is 766. The molecule has 1 saturated heterocycles. The first-order valence-corrected chi connectivity index (χ1v) is 10.1. The van der Waals surface area contributed by atoms with Gasteiger partial charge in [-0.15, -0.1) is 0 Å². The number of piperidine rings is 1. The summed E-state index contributed by atoms with van der Waals surface area (Å²) in [4.78, 5) is 36.5. The standard InChI is InChI=1S/C22H28N2O4/c1-2-28-21(26)14-17-5-4-16-13-18(6-7-19(16)22(17)27)24-20(25)8-3-15-9-11-23-12-10-15/h3,6-8,13,15,17,23H,2,4-5,9-12,14H2,1H3,(H,24,25). The van der Waals surface area contributed by atoms with Gasteiger partial charge in [-0.3, -0.25) is 14.4 Å². The number of hydrogen-bond donors (Lipinski definition) is 2. The molecule has 1 amide bonds. The number of Topliss-reactive ketones (excluding diaryl/α,β-unsaturated/α-hetero) is 1. The smallest absolute Gasteiger partial charge is 0.306 e. The number of fused-ring (bicyclic) bond motifs is 1. The van der Waals surface area contributed by atoms with Gasteiger partial charge in [0.15, 0.2) is 5.78 Å². The number of carbonyl (C=O) groups is 3. The van der Waals surface area contributed by atoms with Crippen LogP contribution in [0.2, 0.25) is 0 Å². The molecule has 1 fully saturated rings. The Morgan fingerprint density at radius 2 is 2.04 bits per heavy atom. The molecule has 6 heteroatoms. The van der Waals surface area contributed by atoms with Gasteiger partial charge in [0, 0.05) is 17.2 Å². The van der Waals surface area contributed by atoms with Crippen LogP contribution in [-0.4, -0.2) is 37.4 Å². The van der Waals surface area contributed by atoms with Gasteiger partial charge >= 0.3 is 5.97 Å². The van der Waals surface area contributed by atoms with Crippen molar-refractivity contribution in [3.8, 4) is 0 Å². The van der Waals surface area contributed by atoms with Crippen LogP contribution in [0.25, 0.3) is 0 Å². The van der Waals surface area contributed by atoms with Crippen LogP contribution in [0.1, 0.15) is 48.5 Å². The maximum atomic E-state index is 12.7. The van der Waals surface area contributed by atoms with Gasteiger partial charge in [0.25, 0.3) is 0 Å². The van der Waals surface area contributed by atoms with E-state index in [2.05, 4.69) is 10.6 Å². The topological polar surface area (TPSA) is 84.5 Å². The van der Waals surface area contributed by atoms with Crippen LogP contribution >= 0.6 is 0 Å². The molecule has 1 atom stereocenters. The summed E-state index contributed by atoms with van der Waals surface area (Å²) in [6.45, 7) is 4.07. The molecule has 0 saturated carbocycles. The molecule has 1 aliphatic carbocycles. The number of esters is 1. The summed E-state index contributed by atoms with van der Waals surface area (Å²) in [5.41, 5.74) is 2.25. The molecule has 0 bridgehead atoms. The van der Waals surface area contributed by atoms with E-state index in [0.29, 0.717) is 36.6 Å². The number of ether oxygens (including phenoxy) is 1. The Kier molecular flexibility index (Phi) is 6.98. The van der Waals surface area contributed by atoms with E-state index in [1.54, 1.807) is 25.1 Å². The second-order valence-electron chi connectivity index (χ2n) is 7.42. The highest BCUT2D eigenvalue weighted by atomic mass is 16.5. The van der Waals surface area contributed by atoms with Gasteiger partial charge in [-0.05, 0) is 81.5 Å². The molecule has 2 N–H and O–H groups in total. The molecule has 2 aliphatic rings. The van der Waals surface area contributed by atoms with Crippen molar-refractivity contribution in [1.29, 1.82) is 0 Å². The number of ketones is 1. The van der Waals surface area contributed by atoms with E-state index in [-0.39, 0.29) is 30.0 Å². The van der Waals surface area contributed by atoms with Gasteiger partial charge in [-0.2, -0.15) is 0 Å². The van der Waals surface area contributed by atoms with Crippen molar-refractivity contribution >= 4 is 23.3 Å². The number of allylic oxidation sites excluding steroid dienone is 1. The lowest BCUT2D eigenvalue weighted by Crippen LogP contribution is -2.27. The minimum atomic E-state index is -0.325. The van der Waals surface area contributed by atoms with E-state index in [0.717, 1.165) is 31.5 Å². The average molecular weight is 384 g/mol. The zero-order valence-corrected chi connectivity index (χ0v) is 16.3. The van der Waals surface area contributed by atoms with E-state index in [1.807, 2.05) is 12.1 Å². The van der Waals surface area contributed by atoms with Gasteiger partial charge in [-0.1, -0.05) is 6.08 Å². The lowest BCUT2D eigenvalue weighted by Gasteiger charge is -2.23. The summed E-state index contributed by atoms with van der Waals surface area (Å²) in [6.07, 6.45) is 7.16. The van der Waals surface area contributed by atoms with Crippen molar-refractivity contribution in [2.45, 2.75) is 39.0 Å². The molecule has 6 nitrogen and oxygen atoms in total. The van der Waals surface area contributed by atoms with Crippen LogP contribution in [-0.2, 0) is 20.7 Å². The van der Waals surface area contributed by atoms with Crippen LogP contribution in [0.4, 0.5) is 5.69 Å². The third kappa shape index (κ3) is 5.29. The van der Waals surface area contributed by atoms with E-state index in [4.69, 9.17) is 4.74 Å². The van der Waals surface area contributed by atoms with Crippen molar-refractivity contribution in [3.63, 3.8) is 0 Å². The molecule has 150 valence electrons. The third-order valence-corrected chi connectivity index (χ3v) is 5.39. The predicted molar refractivity (Wildman–Crippen MR) is 107 cm³/mol. The van der Waals surface area contributed by atoms with E-state index < -0.39 is 0 Å². The molecular formula is C22H28N2O4. The second kappa shape index (κ2) is 9.64. The first kappa shape index (κ1) is 20.3. The first-order chi connectivity index (χ1) is 13.6. The maximum absolute atomic E-state index is 12.7. The molecule has 1 heterocycles. The molecule has 0 radical (unpaired) electrons. The predicted octanol–water partition coefficient (Wildman–Crippen LogP) is 2.88. The number of carbonyl (C=O) groups excluding carboxylic acids is 3. The molecule has 0 spiro atoms. The molecular weight excluding hydrogens is 356 g/mol. The van der Waals surface area contributed by atoms with Crippen molar-refractivity contribution in [1.82, 2.24) is 5.32 Å². The zero-order chi connectivity index (χ0) is 19.9. The molecule has 1 aromatic rings. The summed E-state index contributed by atoms with van der Waals surface area (Å²) in [5.74, 6) is -0.364. The first-order valence-electron chi connectivity index (χ1n) is 10.1. The Labute approximate surface area is 165 Å². The number of nitrogens with one attached hydrogen (secondary N) is 2. The Balaban J connectivity index is 1.59. The normalized spacial score (nSPS) is 20.0. The maximum Gasteiger partial charge on any atom is 0.306 e. The molecule has 0 aromatic heterocycles. The number of anilines is 1. The van der Waals surface area contributed by atoms with Gasteiger partial charge < -0.3 is 15.4 Å². The van der Waals surface area contributed by atoms with E-state index >= 15 is 0 Å². The van der Waals surface area contributed by atoms with Crippen molar-refractivity contribution in [3.05, 3.63) is 41.5 Å². The Morgan fingerprint density at radius 1 is 1.25 bits per heavy atom. The quantitative estimate of drug-likeness (QED) is 0.582. The van der Waals surface area contributed by atoms with Gasteiger partial charge in [0.05, 0.1) is 13.0 Å². The fourth-order valence-electron chi connectivity index (χ4n) is 3.86. The average Bonchev–Trinajstić information content (AvgIpc) is 2.69. The Hall–Kier alpha value is -2.47. The number of amides is 1. The molecule has 3 rings (SSSR count). The van der Waals surface area contributed by atoms with Gasteiger partial charge in [0.1, 0.15) is 0 Å². The van der Waals surface area contributed by atoms with Crippen molar-refractivity contribution < 1.29 is 19.1 Å². The highest BCUT2D eigenvalue weighted by molar-refractivity contribution is 6.03. The van der Waals surface area contributed by atoms with Crippen molar-refractivity contribution in [2.75, 3.05) is 25.0 Å². The summed E-state index contributed by atoms with van der Waals surface area (Å²) in [5, 5.41) is 6.19. The number of benzene rings is 1. The summed E-state index contributed by atoms with van der Waals surface area (Å²) in [7, 11) is 0. The van der Waals surface area contributed by atoms with Gasteiger partial charge in [0.2, 0.25) is 5.91 Å². The molecule has 28 heavy (non-hydrogen) atoms. The van der Waals surface area contributed by atoms with Crippen LogP contribution in [0.3, 0.4) is 0 Å². The fraction of sp³-hybridized carbons (Fsp3) is 0.500. The highest BCUT2D eigenvalue weighted by Gasteiger charge is 2.29. The lowest BCUT2D eigenvalue weighted by atomic mass is 9.81. The molecule has 1 aliphatic heterocycles. The largest absolute Gasteiger partial charge is 0.466 e. The zero-order valence-electron chi connectivity index (χ0n) is 16.3. The minimum absolute atomic E-state index is 0.0158. The van der Waals surface area contributed by atoms with E-state index in [1.165, 1.54) is 0 Å². The number of aryl methyl sites for hydroxylation is 1. The second-order valence-corrected chi connectivity index (χ2v) is 7.42. The van der Waals surface area contributed by atoms with Crippen molar-refractivity contribution in [2.24, 2.45) is 11.8 Å². The van der Waals surface area contributed by atoms with E-state index in [9.17, 15) is 14.4 Å². The molecule has 1 unspecified atom stereocenters. The van der Waals surface area contributed by atoms with Crippen LogP contribution < -0.4 is 10.6 Å². The van der Waals surface area contributed by atoms with Gasteiger partial charge in [-0.25, -0.2) is 0 Å². The Morgan fingerprint density at radius 3 is 2.79 bits per heavy atom. The SMILES string of the molecule is CCOC(=O)CC1CCc2cc(NC(=O)C=CC3CCNCC3)ccc2C1=O. The third-order valence-electron chi connectivity index (χ3n) is 5.39. The lowest BCUT2D eigenvalue weighted by molar-refractivity contribution is -0.144. The highest BCUT2D eigenvalue weighted by Crippen LogP contribution is 2.30. The summed E-state index contributed by atoms with van der Waals surface area (Å²) >= 11 is 0. The van der Waals surface area contributed by atoms with Crippen LogP contribution in [0.5, 0.6) is 0 Å². The number of rotatable bonds is 6. The van der Waals surface area contributed by atoms with Crippen LogP contribution in [0, 0.1) is 11.8 Å². The molecule has 1 aromatic carbocycles. The summed E-state index contributed by atoms with van der Waals surface area (Å²) < 4.78 is 4.96. The number of hydrogen-bond acceptors (Lipinski definition) is 5.